The number of hydrogen-bond acceptors (Lipinski definition) is 4. The molecule has 1 aliphatic carbocycles. The number of anilines is 1. The normalized spacial score (nSPS) is 14.1. The van der Waals surface area contributed by atoms with Crippen molar-refractivity contribution in [3.8, 4) is 11.3 Å². The van der Waals surface area contributed by atoms with Gasteiger partial charge in [-0.3, -0.25) is 9.20 Å². The predicted molar refractivity (Wildman–Crippen MR) is 89.6 cm³/mol. The van der Waals surface area contributed by atoms with Gasteiger partial charge in [-0.25, -0.2) is 9.97 Å². The molecule has 0 bridgehead atoms. The Kier molecular flexibility index (Phi) is 3.33. The van der Waals surface area contributed by atoms with Crippen molar-refractivity contribution in [2.75, 3.05) is 11.9 Å². The first-order chi connectivity index (χ1) is 11.2. The summed E-state index contributed by atoms with van der Waals surface area (Å²) in [7, 11) is 0. The van der Waals surface area contributed by atoms with Crippen LogP contribution in [0.5, 0.6) is 0 Å². The van der Waals surface area contributed by atoms with Gasteiger partial charge in [0, 0.05) is 30.1 Å². The lowest BCUT2D eigenvalue weighted by atomic mass is 10.1. The third-order valence-electron chi connectivity index (χ3n) is 4.25. The van der Waals surface area contributed by atoms with Crippen LogP contribution < -0.4 is 5.32 Å². The molecular weight excluding hydrogens is 288 g/mol. The Hall–Kier alpha value is -2.69. The van der Waals surface area contributed by atoms with Crippen molar-refractivity contribution >= 4 is 17.2 Å². The summed E-state index contributed by atoms with van der Waals surface area (Å²) < 4.78 is 2.02. The number of benzene rings is 1. The van der Waals surface area contributed by atoms with Gasteiger partial charge in [-0.2, -0.15) is 0 Å². The first kappa shape index (κ1) is 13.9. The number of fused-ring (bicyclic) bond motifs is 1. The van der Waals surface area contributed by atoms with Gasteiger partial charge in [-0.1, -0.05) is 18.2 Å². The zero-order valence-electron chi connectivity index (χ0n) is 13.0. The van der Waals surface area contributed by atoms with E-state index in [0.717, 1.165) is 35.2 Å². The van der Waals surface area contributed by atoms with Crippen LogP contribution in [0.25, 0.3) is 16.9 Å². The number of nitrogens with zero attached hydrogens (tertiary/aromatic N) is 3. The molecule has 1 fully saturated rings. The maximum Gasteiger partial charge on any atom is 0.180 e. The maximum atomic E-state index is 11.6. The smallest absolute Gasteiger partial charge is 0.180 e. The van der Waals surface area contributed by atoms with Crippen molar-refractivity contribution in [3.05, 3.63) is 48.4 Å². The van der Waals surface area contributed by atoms with Crippen molar-refractivity contribution in [3.63, 3.8) is 0 Å². The van der Waals surface area contributed by atoms with Gasteiger partial charge in [0.25, 0.3) is 0 Å². The molecule has 5 heteroatoms. The molecule has 1 N–H and O–H groups in total. The molecule has 2 aromatic heterocycles. The highest BCUT2D eigenvalue weighted by molar-refractivity contribution is 5.95. The van der Waals surface area contributed by atoms with Crippen LogP contribution >= 0.6 is 0 Å². The molecule has 1 aromatic carbocycles. The van der Waals surface area contributed by atoms with Crippen LogP contribution in [-0.4, -0.2) is 26.7 Å². The monoisotopic (exact) mass is 306 g/mol. The van der Waals surface area contributed by atoms with Crippen LogP contribution in [0.15, 0.2) is 42.9 Å². The molecule has 1 aliphatic rings. The first-order valence-corrected chi connectivity index (χ1v) is 7.89. The van der Waals surface area contributed by atoms with Gasteiger partial charge in [-0.15, -0.1) is 0 Å². The minimum Gasteiger partial charge on any atom is -0.367 e. The number of ketones is 1. The van der Waals surface area contributed by atoms with E-state index in [0.29, 0.717) is 5.56 Å². The second-order valence-electron chi connectivity index (χ2n) is 6.07. The quantitative estimate of drug-likeness (QED) is 0.734. The predicted octanol–water partition coefficient (Wildman–Crippen LogP) is 3.42. The molecule has 23 heavy (non-hydrogen) atoms. The van der Waals surface area contributed by atoms with E-state index in [2.05, 4.69) is 15.3 Å². The molecule has 1 saturated carbocycles. The Balaban J connectivity index is 1.75. The minimum absolute atomic E-state index is 0.0596. The van der Waals surface area contributed by atoms with Crippen LogP contribution in [0.3, 0.4) is 0 Å². The maximum absolute atomic E-state index is 11.6. The Morgan fingerprint density at radius 1 is 1.35 bits per heavy atom. The third kappa shape index (κ3) is 2.70. The molecule has 4 rings (SSSR count). The number of imidazole rings is 1. The molecule has 0 saturated heterocycles. The van der Waals surface area contributed by atoms with E-state index in [1.165, 1.54) is 12.8 Å². The highest BCUT2D eigenvalue weighted by atomic mass is 16.1. The van der Waals surface area contributed by atoms with Gasteiger partial charge < -0.3 is 5.32 Å². The molecule has 3 aromatic rings. The van der Waals surface area contributed by atoms with Crippen LogP contribution in [0.4, 0.5) is 5.82 Å². The van der Waals surface area contributed by atoms with E-state index in [-0.39, 0.29) is 5.78 Å². The molecule has 0 atom stereocenters. The summed E-state index contributed by atoms with van der Waals surface area (Å²) in [6.45, 7) is 2.53. The van der Waals surface area contributed by atoms with E-state index in [1.807, 2.05) is 41.1 Å². The number of nitrogens with one attached hydrogen (secondary N) is 1. The number of rotatable bonds is 5. The van der Waals surface area contributed by atoms with E-state index in [9.17, 15) is 4.79 Å². The average Bonchev–Trinajstić information content (AvgIpc) is 3.26. The number of carbonyl (C=O) groups excluding carboxylic acids is 1. The Bertz CT molecular complexity index is 880. The summed E-state index contributed by atoms with van der Waals surface area (Å²) in [5, 5.41) is 3.40. The van der Waals surface area contributed by atoms with Gasteiger partial charge in [0.15, 0.2) is 17.2 Å². The summed E-state index contributed by atoms with van der Waals surface area (Å²) in [6.07, 6.45) is 8.14. The summed E-state index contributed by atoms with van der Waals surface area (Å²) in [6, 6.07) is 7.61. The zero-order valence-corrected chi connectivity index (χ0v) is 13.0. The fourth-order valence-electron chi connectivity index (χ4n) is 2.72. The molecule has 116 valence electrons. The van der Waals surface area contributed by atoms with Crippen LogP contribution in [0, 0.1) is 5.92 Å². The van der Waals surface area contributed by atoms with Gasteiger partial charge in [0.05, 0.1) is 11.9 Å². The highest BCUT2D eigenvalue weighted by Crippen LogP contribution is 2.30. The van der Waals surface area contributed by atoms with Crippen molar-refractivity contribution in [1.29, 1.82) is 0 Å². The van der Waals surface area contributed by atoms with Crippen LogP contribution in [0.1, 0.15) is 30.1 Å². The lowest BCUT2D eigenvalue weighted by Gasteiger charge is -2.10. The molecule has 2 heterocycles. The average molecular weight is 306 g/mol. The molecule has 0 radical (unpaired) electrons. The van der Waals surface area contributed by atoms with Crippen molar-refractivity contribution < 1.29 is 4.79 Å². The summed E-state index contributed by atoms with van der Waals surface area (Å²) in [5.41, 5.74) is 3.41. The number of hydrogen-bond donors (Lipinski definition) is 1. The number of carbonyl (C=O) groups is 1. The number of Topliss-reactive ketones (excluding diaryl/α,β-unsaturated/α-hetero) is 1. The molecule has 0 aliphatic heterocycles. The fourth-order valence-corrected chi connectivity index (χ4v) is 2.72. The first-order valence-electron chi connectivity index (χ1n) is 7.89. The summed E-state index contributed by atoms with van der Waals surface area (Å²) >= 11 is 0. The SMILES string of the molecule is CC(=O)c1cccc(-c2cnc(NCC3CC3)c3nccn23)c1. The Morgan fingerprint density at radius 2 is 2.22 bits per heavy atom. The van der Waals surface area contributed by atoms with Crippen LogP contribution in [-0.2, 0) is 0 Å². The summed E-state index contributed by atoms with van der Waals surface area (Å²) in [4.78, 5) is 20.6. The summed E-state index contributed by atoms with van der Waals surface area (Å²) in [5.74, 6) is 1.65. The van der Waals surface area contributed by atoms with Gasteiger partial charge in [0.1, 0.15) is 0 Å². The molecule has 5 nitrogen and oxygen atoms in total. The highest BCUT2D eigenvalue weighted by Gasteiger charge is 2.21. The Labute approximate surface area is 134 Å². The topological polar surface area (TPSA) is 59.3 Å². The van der Waals surface area contributed by atoms with Crippen molar-refractivity contribution in [1.82, 2.24) is 14.4 Å². The van der Waals surface area contributed by atoms with Gasteiger partial charge in [-0.05, 0) is 31.7 Å². The second kappa shape index (κ2) is 5.50. The van der Waals surface area contributed by atoms with E-state index in [1.54, 1.807) is 13.1 Å². The third-order valence-corrected chi connectivity index (χ3v) is 4.25. The molecule has 0 amide bonds. The fraction of sp³-hybridized carbons (Fsp3) is 0.278. The minimum atomic E-state index is 0.0596. The zero-order chi connectivity index (χ0) is 15.8. The lowest BCUT2D eigenvalue weighted by Crippen LogP contribution is -2.07. The second-order valence-corrected chi connectivity index (χ2v) is 6.07. The van der Waals surface area contributed by atoms with Gasteiger partial charge >= 0.3 is 0 Å². The lowest BCUT2D eigenvalue weighted by molar-refractivity contribution is 0.101. The van der Waals surface area contributed by atoms with E-state index in [4.69, 9.17) is 0 Å². The largest absolute Gasteiger partial charge is 0.367 e. The van der Waals surface area contributed by atoms with E-state index >= 15 is 0 Å². The molecule has 0 spiro atoms. The molecular formula is C18H18N4O. The molecule has 0 unspecified atom stereocenters. The van der Waals surface area contributed by atoms with E-state index < -0.39 is 0 Å². The number of aromatic nitrogens is 3. The standard InChI is InChI=1S/C18H18N4O/c1-12(23)14-3-2-4-15(9-14)16-11-21-17(20-10-13-5-6-13)18-19-7-8-22(16)18/h2-4,7-9,11,13H,5-6,10H2,1H3,(H,20,21). The van der Waals surface area contributed by atoms with Crippen LogP contribution in [0.2, 0.25) is 0 Å². The van der Waals surface area contributed by atoms with Crippen molar-refractivity contribution in [2.45, 2.75) is 19.8 Å². The van der Waals surface area contributed by atoms with Crippen molar-refractivity contribution in [2.24, 2.45) is 5.92 Å². The Morgan fingerprint density at radius 3 is 3.00 bits per heavy atom. The van der Waals surface area contributed by atoms with Gasteiger partial charge in [0.2, 0.25) is 0 Å².